The Kier molecular flexibility index (Phi) is 7.85. The van der Waals surface area contributed by atoms with Gasteiger partial charge in [-0.3, -0.25) is 19.3 Å². The fourth-order valence-corrected chi connectivity index (χ4v) is 4.58. The summed E-state index contributed by atoms with van der Waals surface area (Å²) in [7, 11) is 0. The molecule has 1 saturated heterocycles. The number of thioether (sulfide) groups is 2. The quantitative estimate of drug-likeness (QED) is 0.376. The Balaban J connectivity index is 1.68. The lowest BCUT2D eigenvalue weighted by Gasteiger charge is -2.13. The number of ether oxygens (including phenoxy) is 1. The number of benzene rings is 2. The van der Waals surface area contributed by atoms with Crippen LogP contribution in [0.1, 0.15) is 19.4 Å². The van der Waals surface area contributed by atoms with Gasteiger partial charge in [-0.15, -0.1) is 11.8 Å². The van der Waals surface area contributed by atoms with E-state index >= 15 is 0 Å². The molecule has 9 heteroatoms. The summed E-state index contributed by atoms with van der Waals surface area (Å²) < 4.78 is 6.44. The van der Waals surface area contributed by atoms with Gasteiger partial charge in [0.2, 0.25) is 5.91 Å². The molecule has 0 aliphatic carbocycles. The molecule has 2 aromatic carbocycles. The predicted molar refractivity (Wildman–Crippen MR) is 129 cm³/mol. The molecule has 2 aromatic rings. The third kappa shape index (κ3) is 6.15. The van der Waals surface area contributed by atoms with E-state index in [-0.39, 0.29) is 17.6 Å². The van der Waals surface area contributed by atoms with Crippen LogP contribution in [0.25, 0.3) is 6.08 Å². The largest absolute Gasteiger partial charge is 0.490 e. The second-order valence-electron chi connectivity index (χ2n) is 6.90. The number of carbonyl (C=O) groups is 3. The molecular formula is C22H21BrN2O4S2. The fraction of sp³-hybridized carbons (Fsp3) is 0.227. The number of nitrogens with zero attached hydrogens (tertiary/aromatic N) is 1. The minimum Gasteiger partial charge on any atom is -0.490 e. The van der Waals surface area contributed by atoms with Crippen molar-refractivity contribution in [2.75, 3.05) is 18.1 Å². The number of carbonyl (C=O) groups excluding carboxylic acids is 3. The summed E-state index contributed by atoms with van der Waals surface area (Å²) in [6.07, 6.45) is 3.61. The molecule has 1 fully saturated rings. The Hall–Kier alpha value is -2.23. The van der Waals surface area contributed by atoms with Gasteiger partial charge in [0.15, 0.2) is 0 Å². The third-order valence-electron chi connectivity index (χ3n) is 4.15. The van der Waals surface area contributed by atoms with E-state index in [4.69, 9.17) is 4.74 Å². The molecular weight excluding hydrogens is 500 g/mol. The maximum atomic E-state index is 12.7. The monoisotopic (exact) mass is 520 g/mol. The van der Waals surface area contributed by atoms with E-state index in [9.17, 15) is 14.4 Å². The van der Waals surface area contributed by atoms with Gasteiger partial charge < -0.3 is 10.1 Å². The van der Waals surface area contributed by atoms with Crippen molar-refractivity contribution in [3.8, 4) is 5.75 Å². The highest BCUT2D eigenvalue weighted by Crippen LogP contribution is 2.34. The van der Waals surface area contributed by atoms with Crippen molar-refractivity contribution < 1.29 is 19.1 Å². The van der Waals surface area contributed by atoms with Crippen molar-refractivity contribution in [3.63, 3.8) is 0 Å². The molecule has 0 unspecified atom stereocenters. The number of imide groups is 1. The lowest BCUT2D eigenvalue weighted by molar-refractivity contribution is -0.127. The number of nitrogens with one attached hydrogen (secondary N) is 1. The Bertz CT molecular complexity index is 1060. The molecule has 1 N–H and O–H groups in total. The molecule has 1 aliphatic rings. The predicted octanol–water partition coefficient (Wildman–Crippen LogP) is 5.63. The smallest absolute Gasteiger partial charge is 0.294 e. The van der Waals surface area contributed by atoms with Gasteiger partial charge in [0.25, 0.3) is 11.1 Å². The molecule has 0 radical (unpaired) electrons. The summed E-state index contributed by atoms with van der Waals surface area (Å²) in [6, 6.07) is 12.8. The lowest BCUT2D eigenvalue weighted by atomic mass is 10.2. The van der Waals surface area contributed by atoms with E-state index in [1.807, 2.05) is 50.4 Å². The first-order chi connectivity index (χ1) is 14.8. The van der Waals surface area contributed by atoms with Gasteiger partial charge >= 0.3 is 0 Å². The zero-order chi connectivity index (χ0) is 22.5. The maximum absolute atomic E-state index is 12.7. The van der Waals surface area contributed by atoms with Crippen LogP contribution in [0.15, 0.2) is 56.7 Å². The van der Waals surface area contributed by atoms with Crippen LogP contribution in [-0.2, 0) is 9.59 Å². The number of amides is 3. The van der Waals surface area contributed by atoms with E-state index in [0.29, 0.717) is 11.4 Å². The van der Waals surface area contributed by atoms with Crippen LogP contribution in [0.5, 0.6) is 5.75 Å². The summed E-state index contributed by atoms with van der Waals surface area (Å²) in [4.78, 5) is 39.6. The van der Waals surface area contributed by atoms with E-state index < -0.39 is 17.1 Å². The Labute approximate surface area is 197 Å². The molecule has 0 saturated carbocycles. The van der Waals surface area contributed by atoms with Crippen molar-refractivity contribution in [2.45, 2.75) is 24.8 Å². The van der Waals surface area contributed by atoms with Gasteiger partial charge in [-0.2, -0.15) is 0 Å². The average molecular weight is 521 g/mol. The fourth-order valence-electron chi connectivity index (χ4n) is 2.79. The highest BCUT2D eigenvalue weighted by atomic mass is 79.9. The van der Waals surface area contributed by atoms with Crippen LogP contribution in [0.3, 0.4) is 0 Å². The second-order valence-corrected chi connectivity index (χ2v) is 9.63. The van der Waals surface area contributed by atoms with E-state index in [2.05, 4.69) is 21.2 Å². The maximum Gasteiger partial charge on any atom is 0.294 e. The first kappa shape index (κ1) is 23.4. The second kappa shape index (κ2) is 10.4. The molecule has 6 nitrogen and oxygen atoms in total. The zero-order valence-corrected chi connectivity index (χ0v) is 20.4. The minimum absolute atomic E-state index is 0.0352. The topological polar surface area (TPSA) is 75.7 Å². The van der Waals surface area contributed by atoms with Gasteiger partial charge in [0.1, 0.15) is 12.3 Å². The van der Waals surface area contributed by atoms with Gasteiger partial charge in [0.05, 0.1) is 15.5 Å². The van der Waals surface area contributed by atoms with Crippen LogP contribution in [0, 0.1) is 0 Å². The lowest BCUT2D eigenvalue weighted by Crippen LogP contribution is -2.36. The first-order valence-corrected chi connectivity index (χ1v) is 12.3. The van der Waals surface area contributed by atoms with E-state index in [0.717, 1.165) is 31.6 Å². The zero-order valence-electron chi connectivity index (χ0n) is 17.2. The van der Waals surface area contributed by atoms with Gasteiger partial charge in [0, 0.05) is 10.6 Å². The molecule has 162 valence electrons. The van der Waals surface area contributed by atoms with Crippen molar-refractivity contribution >= 4 is 68.3 Å². The van der Waals surface area contributed by atoms with E-state index in [1.165, 1.54) is 0 Å². The normalized spacial score (nSPS) is 15.1. The van der Waals surface area contributed by atoms with E-state index in [1.54, 1.807) is 30.0 Å². The summed E-state index contributed by atoms with van der Waals surface area (Å²) >= 11 is 5.84. The number of hydrogen-bond donors (Lipinski definition) is 1. The molecule has 31 heavy (non-hydrogen) atoms. The van der Waals surface area contributed by atoms with Gasteiger partial charge in [-0.25, -0.2) is 0 Å². The van der Waals surface area contributed by atoms with Crippen LogP contribution in [-0.4, -0.2) is 40.9 Å². The minimum atomic E-state index is -0.485. The molecule has 1 heterocycles. The molecule has 0 atom stereocenters. The molecule has 3 amide bonds. The highest BCUT2D eigenvalue weighted by molar-refractivity contribution is 9.10. The molecule has 0 aromatic heterocycles. The third-order valence-corrected chi connectivity index (χ3v) is 6.40. The SMILES string of the molecule is CSc1cccc(NC(=O)CN2C(=O)S/C(=C\c3ccc(OC(C)C)c(Br)c3)C2=O)c1. The average Bonchev–Trinajstić information content (AvgIpc) is 2.97. The first-order valence-electron chi connectivity index (χ1n) is 9.42. The van der Waals surface area contributed by atoms with Crippen molar-refractivity contribution in [2.24, 2.45) is 0 Å². The van der Waals surface area contributed by atoms with Gasteiger partial charge in [-0.05, 0) is 89.8 Å². The van der Waals surface area contributed by atoms with Crippen LogP contribution >= 0.6 is 39.5 Å². The molecule has 0 bridgehead atoms. The molecule has 0 spiro atoms. The standard InChI is InChI=1S/C22H21BrN2O4S2/c1-13(2)29-18-8-7-14(9-17(18)23)10-19-21(27)25(22(28)31-19)12-20(26)24-15-5-4-6-16(11-15)30-3/h4-11,13H,12H2,1-3H3,(H,24,26)/b19-10-. The summed E-state index contributed by atoms with van der Waals surface area (Å²) in [6.45, 7) is 3.54. The van der Waals surface area contributed by atoms with Gasteiger partial charge in [-0.1, -0.05) is 12.1 Å². The Morgan fingerprint density at radius 2 is 2.03 bits per heavy atom. The summed E-state index contributed by atoms with van der Waals surface area (Å²) in [5.74, 6) is -0.219. The van der Waals surface area contributed by atoms with Crippen molar-refractivity contribution in [1.82, 2.24) is 4.90 Å². The number of halogens is 1. The number of hydrogen-bond acceptors (Lipinski definition) is 6. The summed E-state index contributed by atoms with van der Waals surface area (Å²) in [5.41, 5.74) is 1.36. The Morgan fingerprint density at radius 3 is 2.71 bits per heavy atom. The van der Waals surface area contributed by atoms with Crippen molar-refractivity contribution in [1.29, 1.82) is 0 Å². The molecule has 1 aliphatic heterocycles. The van der Waals surface area contributed by atoms with Crippen LogP contribution in [0.2, 0.25) is 0 Å². The van der Waals surface area contributed by atoms with Crippen molar-refractivity contribution in [3.05, 3.63) is 57.4 Å². The van der Waals surface area contributed by atoms with Crippen LogP contribution in [0.4, 0.5) is 10.5 Å². The summed E-state index contributed by atoms with van der Waals surface area (Å²) in [5, 5.41) is 2.26. The highest BCUT2D eigenvalue weighted by Gasteiger charge is 2.36. The molecule has 3 rings (SSSR count). The number of anilines is 1. The van der Waals surface area contributed by atoms with Crippen LogP contribution < -0.4 is 10.1 Å². The number of rotatable bonds is 7. The Morgan fingerprint density at radius 1 is 1.26 bits per heavy atom.